The maximum atomic E-state index is 8.86. The van der Waals surface area contributed by atoms with E-state index in [0.29, 0.717) is 18.1 Å². The van der Waals surface area contributed by atoms with Gasteiger partial charge in [-0.3, -0.25) is 0 Å². The van der Waals surface area contributed by atoms with Gasteiger partial charge in [-0.25, -0.2) is 0 Å². The third-order valence-electron chi connectivity index (χ3n) is 3.46. The summed E-state index contributed by atoms with van der Waals surface area (Å²) in [4.78, 5) is 0. The molecule has 1 saturated heterocycles. The number of rotatable bonds is 6. The van der Waals surface area contributed by atoms with Crippen LogP contribution < -0.4 is 5.32 Å². The lowest BCUT2D eigenvalue weighted by Gasteiger charge is -2.33. The Bertz CT molecular complexity index is 196. The fraction of sp³-hybridized carbons (Fsp3) is 1.00. The van der Waals surface area contributed by atoms with Gasteiger partial charge in [-0.05, 0) is 36.9 Å². The van der Waals surface area contributed by atoms with Crippen molar-refractivity contribution in [3.63, 3.8) is 0 Å². The number of nitrogens with one attached hydrogen (secondary N) is 1. The lowest BCUT2D eigenvalue weighted by molar-refractivity contribution is 0.230. The fourth-order valence-electron chi connectivity index (χ4n) is 2.24. The minimum Gasteiger partial charge on any atom is -0.396 e. The summed E-state index contributed by atoms with van der Waals surface area (Å²) < 4.78 is 0. The van der Waals surface area contributed by atoms with Gasteiger partial charge in [0, 0.05) is 24.4 Å². The Morgan fingerprint density at radius 2 is 2.19 bits per heavy atom. The van der Waals surface area contributed by atoms with E-state index in [-0.39, 0.29) is 0 Å². The standard InChI is InChI=1S/C13H27NOS/c1-11-12(6-4-9-16-11)14-10-13(2,3)7-5-8-15/h11-12,14-15H,4-10H2,1-3H3. The minimum atomic E-state index is 0.310. The zero-order chi connectivity index (χ0) is 12.0. The van der Waals surface area contributed by atoms with Crippen molar-refractivity contribution in [2.24, 2.45) is 5.41 Å². The van der Waals surface area contributed by atoms with Crippen LogP contribution >= 0.6 is 11.8 Å². The molecule has 0 spiro atoms. The molecule has 0 aliphatic carbocycles. The molecule has 0 amide bonds. The maximum absolute atomic E-state index is 8.86. The van der Waals surface area contributed by atoms with E-state index in [9.17, 15) is 0 Å². The average Bonchev–Trinajstić information content (AvgIpc) is 2.26. The predicted octanol–water partition coefficient (Wildman–Crippen LogP) is 2.66. The summed E-state index contributed by atoms with van der Waals surface area (Å²) in [5.41, 5.74) is 0.310. The number of thioether (sulfide) groups is 1. The van der Waals surface area contributed by atoms with Crippen molar-refractivity contribution in [2.45, 2.75) is 57.7 Å². The quantitative estimate of drug-likeness (QED) is 0.754. The van der Waals surface area contributed by atoms with Crippen LogP contribution in [-0.4, -0.2) is 35.3 Å². The van der Waals surface area contributed by atoms with Gasteiger partial charge in [0.2, 0.25) is 0 Å². The lowest BCUT2D eigenvalue weighted by atomic mass is 9.87. The molecular weight excluding hydrogens is 218 g/mol. The van der Waals surface area contributed by atoms with Gasteiger partial charge in [-0.1, -0.05) is 20.8 Å². The zero-order valence-corrected chi connectivity index (χ0v) is 11.8. The van der Waals surface area contributed by atoms with Crippen LogP contribution in [0.2, 0.25) is 0 Å². The third-order valence-corrected chi connectivity index (χ3v) is 4.84. The van der Waals surface area contributed by atoms with E-state index in [1.165, 1.54) is 18.6 Å². The van der Waals surface area contributed by atoms with Gasteiger partial charge in [0.15, 0.2) is 0 Å². The van der Waals surface area contributed by atoms with Gasteiger partial charge in [0.05, 0.1) is 0 Å². The van der Waals surface area contributed by atoms with Gasteiger partial charge < -0.3 is 10.4 Å². The molecule has 0 aromatic carbocycles. The number of hydrogen-bond donors (Lipinski definition) is 2. The van der Waals surface area contributed by atoms with E-state index in [0.717, 1.165) is 24.6 Å². The number of hydrogen-bond acceptors (Lipinski definition) is 3. The van der Waals surface area contributed by atoms with E-state index in [2.05, 4.69) is 37.8 Å². The monoisotopic (exact) mass is 245 g/mol. The van der Waals surface area contributed by atoms with Crippen LogP contribution in [0.3, 0.4) is 0 Å². The molecule has 0 radical (unpaired) electrons. The van der Waals surface area contributed by atoms with E-state index in [4.69, 9.17) is 5.11 Å². The van der Waals surface area contributed by atoms with Crippen LogP contribution in [0.4, 0.5) is 0 Å². The molecule has 16 heavy (non-hydrogen) atoms. The summed E-state index contributed by atoms with van der Waals surface area (Å²) in [6.45, 7) is 8.30. The summed E-state index contributed by atoms with van der Waals surface area (Å²) >= 11 is 2.09. The van der Waals surface area contributed by atoms with Crippen molar-refractivity contribution in [2.75, 3.05) is 18.9 Å². The Kier molecular flexibility index (Phi) is 6.16. The molecule has 1 aliphatic rings. The third kappa shape index (κ3) is 5.07. The normalized spacial score (nSPS) is 27.0. The van der Waals surface area contributed by atoms with Gasteiger partial charge in [0.1, 0.15) is 0 Å². The van der Waals surface area contributed by atoms with Crippen LogP contribution in [-0.2, 0) is 0 Å². The summed E-state index contributed by atoms with van der Waals surface area (Å²) in [5.74, 6) is 1.33. The first-order chi connectivity index (χ1) is 7.55. The highest BCUT2D eigenvalue weighted by atomic mass is 32.2. The van der Waals surface area contributed by atoms with Crippen molar-refractivity contribution in [1.82, 2.24) is 5.32 Å². The lowest BCUT2D eigenvalue weighted by Crippen LogP contribution is -2.43. The highest BCUT2D eigenvalue weighted by Gasteiger charge is 2.24. The van der Waals surface area contributed by atoms with Crippen LogP contribution in [0.15, 0.2) is 0 Å². The van der Waals surface area contributed by atoms with Gasteiger partial charge in [0.25, 0.3) is 0 Å². The Labute approximate surface area is 105 Å². The smallest absolute Gasteiger partial charge is 0.0431 e. The molecule has 2 unspecified atom stereocenters. The summed E-state index contributed by atoms with van der Waals surface area (Å²) in [6.07, 6.45) is 4.70. The molecule has 1 fully saturated rings. The Morgan fingerprint density at radius 1 is 1.44 bits per heavy atom. The highest BCUT2D eigenvalue weighted by Crippen LogP contribution is 2.27. The van der Waals surface area contributed by atoms with Crippen molar-refractivity contribution in [1.29, 1.82) is 0 Å². The van der Waals surface area contributed by atoms with Crippen LogP contribution in [0, 0.1) is 5.41 Å². The van der Waals surface area contributed by atoms with Gasteiger partial charge in [-0.2, -0.15) is 11.8 Å². The summed E-state index contributed by atoms with van der Waals surface area (Å²) in [5, 5.41) is 13.3. The molecule has 0 bridgehead atoms. The van der Waals surface area contributed by atoms with E-state index < -0.39 is 0 Å². The molecule has 0 aromatic heterocycles. The largest absolute Gasteiger partial charge is 0.396 e. The first kappa shape index (κ1) is 14.3. The molecule has 1 rings (SSSR count). The molecule has 3 heteroatoms. The van der Waals surface area contributed by atoms with Gasteiger partial charge >= 0.3 is 0 Å². The Hall–Kier alpha value is 0.270. The molecule has 2 nitrogen and oxygen atoms in total. The van der Waals surface area contributed by atoms with Crippen molar-refractivity contribution in [3.05, 3.63) is 0 Å². The van der Waals surface area contributed by atoms with Crippen LogP contribution in [0.25, 0.3) is 0 Å². The molecule has 2 N–H and O–H groups in total. The van der Waals surface area contributed by atoms with E-state index in [1.54, 1.807) is 0 Å². The molecule has 1 aliphatic heterocycles. The summed E-state index contributed by atoms with van der Waals surface area (Å²) in [6, 6.07) is 0.687. The first-order valence-corrected chi connectivity index (χ1v) is 7.56. The predicted molar refractivity (Wildman–Crippen MR) is 73.0 cm³/mol. The van der Waals surface area contributed by atoms with E-state index >= 15 is 0 Å². The van der Waals surface area contributed by atoms with E-state index in [1.807, 2.05) is 0 Å². The highest BCUT2D eigenvalue weighted by molar-refractivity contribution is 7.99. The molecule has 2 atom stereocenters. The van der Waals surface area contributed by atoms with Gasteiger partial charge in [-0.15, -0.1) is 0 Å². The van der Waals surface area contributed by atoms with Crippen LogP contribution in [0.1, 0.15) is 46.5 Å². The van der Waals surface area contributed by atoms with Crippen LogP contribution in [0.5, 0.6) is 0 Å². The minimum absolute atomic E-state index is 0.310. The molecule has 0 aromatic rings. The number of aliphatic hydroxyl groups is 1. The molecular formula is C13H27NOS. The van der Waals surface area contributed by atoms with Crippen molar-refractivity contribution >= 4 is 11.8 Å². The first-order valence-electron chi connectivity index (χ1n) is 6.51. The zero-order valence-electron chi connectivity index (χ0n) is 11.0. The Morgan fingerprint density at radius 3 is 2.81 bits per heavy atom. The molecule has 0 saturated carbocycles. The second-order valence-electron chi connectivity index (χ2n) is 5.70. The SMILES string of the molecule is CC1SCCCC1NCC(C)(C)CCCO. The fourth-order valence-corrected chi connectivity index (χ4v) is 3.41. The topological polar surface area (TPSA) is 32.3 Å². The maximum Gasteiger partial charge on any atom is 0.0431 e. The second-order valence-corrected chi connectivity index (χ2v) is 7.18. The molecule has 1 heterocycles. The van der Waals surface area contributed by atoms with Crippen molar-refractivity contribution < 1.29 is 5.11 Å². The summed E-state index contributed by atoms with van der Waals surface area (Å²) in [7, 11) is 0. The van der Waals surface area contributed by atoms with Crippen molar-refractivity contribution in [3.8, 4) is 0 Å². The number of aliphatic hydroxyl groups excluding tert-OH is 1. The molecule has 96 valence electrons. The second kappa shape index (κ2) is 6.87. The Balaban J connectivity index is 2.26. The average molecular weight is 245 g/mol.